The summed E-state index contributed by atoms with van der Waals surface area (Å²) in [5, 5.41) is 5.92. The summed E-state index contributed by atoms with van der Waals surface area (Å²) in [6.07, 6.45) is 2.57. The minimum absolute atomic E-state index is 0.151. The number of amides is 3. The second-order valence-corrected chi connectivity index (χ2v) is 6.02. The van der Waals surface area contributed by atoms with Crippen LogP contribution in [-0.2, 0) is 4.79 Å². The van der Waals surface area contributed by atoms with E-state index >= 15 is 0 Å². The molecular formula is C18H18ClN3O2. The summed E-state index contributed by atoms with van der Waals surface area (Å²) in [6, 6.07) is 13.9. The maximum Gasteiger partial charge on any atom is 0.323 e. The van der Waals surface area contributed by atoms with Crippen molar-refractivity contribution in [3.8, 4) is 0 Å². The average molecular weight is 344 g/mol. The molecule has 2 N–H and O–H groups in total. The van der Waals surface area contributed by atoms with Crippen LogP contribution in [0.1, 0.15) is 19.3 Å². The van der Waals surface area contributed by atoms with E-state index in [1.807, 2.05) is 12.1 Å². The monoisotopic (exact) mass is 343 g/mol. The topological polar surface area (TPSA) is 61.4 Å². The number of urea groups is 1. The summed E-state index contributed by atoms with van der Waals surface area (Å²) in [5.41, 5.74) is 2.05. The molecule has 3 rings (SSSR count). The lowest BCUT2D eigenvalue weighted by molar-refractivity contribution is -0.119. The zero-order valence-electron chi connectivity index (χ0n) is 13.1. The van der Waals surface area contributed by atoms with E-state index in [9.17, 15) is 9.59 Å². The van der Waals surface area contributed by atoms with Crippen LogP contribution in [0.3, 0.4) is 0 Å². The number of hydrogen-bond donors (Lipinski definition) is 2. The smallest absolute Gasteiger partial charge is 0.312 e. The molecule has 2 aromatic rings. The van der Waals surface area contributed by atoms with Crippen LogP contribution in [0.5, 0.6) is 0 Å². The third-order valence-electron chi connectivity index (χ3n) is 3.88. The number of anilines is 3. The summed E-state index contributed by atoms with van der Waals surface area (Å²) in [7, 11) is 0. The number of para-hydroxylation sites is 1. The Labute approximate surface area is 145 Å². The lowest BCUT2D eigenvalue weighted by atomic mass is 10.1. The molecule has 0 aromatic heterocycles. The molecule has 6 heteroatoms. The molecule has 1 aliphatic rings. The van der Waals surface area contributed by atoms with Crippen LogP contribution in [0.4, 0.5) is 21.9 Å². The average Bonchev–Trinajstić information content (AvgIpc) is 2.58. The molecule has 3 amide bonds. The lowest BCUT2D eigenvalue weighted by Gasteiger charge is -2.26. The number of hydrogen-bond acceptors (Lipinski definition) is 2. The molecule has 0 bridgehead atoms. The number of nitrogens with zero attached hydrogens (tertiary/aromatic N) is 1. The fraction of sp³-hybridized carbons (Fsp3) is 0.222. The van der Waals surface area contributed by atoms with Gasteiger partial charge in [0, 0.05) is 24.3 Å². The van der Waals surface area contributed by atoms with Gasteiger partial charge in [-0.25, -0.2) is 4.79 Å². The number of carbonyl (C=O) groups excluding carboxylic acids is 2. The molecule has 0 aliphatic carbocycles. The number of halogens is 1. The number of rotatable bonds is 3. The predicted molar refractivity (Wildman–Crippen MR) is 96.7 cm³/mol. The van der Waals surface area contributed by atoms with Crippen LogP contribution < -0.4 is 15.5 Å². The Bertz CT molecular complexity index is 746. The Morgan fingerprint density at radius 3 is 2.46 bits per heavy atom. The molecule has 2 aromatic carbocycles. The van der Waals surface area contributed by atoms with Gasteiger partial charge in [-0.1, -0.05) is 23.7 Å². The van der Waals surface area contributed by atoms with Crippen molar-refractivity contribution in [3.05, 3.63) is 53.6 Å². The van der Waals surface area contributed by atoms with Crippen molar-refractivity contribution < 1.29 is 9.59 Å². The quantitative estimate of drug-likeness (QED) is 0.861. The Hall–Kier alpha value is -2.53. The van der Waals surface area contributed by atoms with Gasteiger partial charge >= 0.3 is 6.03 Å². The molecule has 5 nitrogen and oxygen atoms in total. The zero-order valence-corrected chi connectivity index (χ0v) is 13.8. The summed E-state index contributed by atoms with van der Waals surface area (Å²) >= 11 is 6.01. The van der Waals surface area contributed by atoms with Gasteiger partial charge in [-0.3, -0.25) is 4.79 Å². The molecule has 1 heterocycles. The summed E-state index contributed by atoms with van der Waals surface area (Å²) < 4.78 is 0. The van der Waals surface area contributed by atoms with Gasteiger partial charge in [-0.15, -0.1) is 0 Å². The van der Waals surface area contributed by atoms with Crippen LogP contribution in [-0.4, -0.2) is 18.5 Å². The molecule has 1 fully saturated rings. The highest BCUT2D eigenvalue weighted by atomic mass is 35.5. The van der Waals surface area contributed by atoms with Gasteiger partial charge in [-0.05, 0) is 49.2 Å². The largest absolute Gasteiger partial charge is 0.323 e. The van der Waals surface area contributed by atoms with Crippen molar-refractivity contribution in [2.45, 2.75) is 19.3 Å². The highest BCUT2D eigenvalue weighted by Gasteiger charge is 2.19. The third-order valence-corrected chi connectivity index (χ3v) is 4.21. The van der Waals surface area contributed by atoms with E-state index in [2.05, 4.69) is 10.6 Å². The molecule has 24 heavy (non-hydrogen) atoms. The van der Waals surface area contributed by atoms with Gasteiger partial charge in [0.15, 0.2) is 0 Å². The first kappa shape index (κ1) is 16.3. The fourth-order valence-corrected chi connectivity index (χ4v) is 2.83. The summed E-state index contributed by atoms with van der Waals surface area (Å²) in [5.74, 6) is 0.151. The third kappa shape index (κ3) is 3.86. The first-order chi connectivity index (χ1) is 11.6. The SMILES string of the molecule is O=C(Nc1ccc(N2CCCCC2=O)cc1)Nc1ccccc1Cl. The van der Waals surface area contributed by atoms with Crippen molar-refractivity contribution in [3.63, 3.8) is 0 Å². The minimum Gasteiger partial charge on any atom is -0.312 e. The van der Waals surface area contributed by atoms with Gasteiger partial charge in [-0.2, -0.15) is 0 Å². The molecular weight excluding hydrogens is 326 g/mol. The van der Waals surface area contributed by atoms with Crippen LogP contribution in [0.2, 0.25) is 5.02 Å². The van der Waals surface area contributed by atoms with Crippen molar-refractivity contribution >= 4 is 40.6 Å². The summed E-state index contributed by atoms with van der Waals surface area (Å²) in [4.78, 5) is 25.7. The van der Waals surface area contributed by atoms with E-state index in [0.717, 1.165) is 25.1 Å². The van der Waals surface area contributed by atoms with Gasteiger partial charge in [0.25, 0.3) is 0 Å². The molecule has 1 saturated heterocycles. The molecule has 0 unspecified atom stereocenters. The standard InChI is InChI=1S/C18H18ClN3O2/c19-15-5-1-2-6-16(15)21-18(24)20-13-8-10-14(11-9-13)22-12-4-3-7-17(22)23/h1-2,5-6,8-11H,3-4,7,12H2,(H2,20,21,24). The normalized spacial score (nSPS) is 14.4. The first-order valence-electron chi connectivity index (χ1n) is 7.86. The predicted octanol–water partition coefficient (Wildman–Crippen LogP) is 4.50. The van der Waals surface area contributed by atoms with Gasteiger partial charge in [0.05, 0.1) is 10.7 Å². The highest BCUT2D eigenvalue weighted by Crippen LogP contribution is 2.23. The molecule has 0 radical (unpaired) electrons. The molecule has 0 saturated carbocycles. The van der Waals surface area contributed by atoms with Crippen LogP contribution in [0, 0.1) is 0 Å². The van der Waals surface area contributed by atoms with Crippen molar-refractivity contribution in [1.29, 1.82) is 0 Å². The highest BCUT2D eigenvalue weighted by molar-refractivity contribution is 6.33. The second-order valence-electron chi connectivity index (χ2n) is 5.61. The van der Waals surface area contributed by atoms with E-state index in [4.69, 9.17) is 11.6 Å². The Balaban J connectivity index is 1.62. The van der Waals surface area contributed by atoms with Gasteiger partial charge in [0.1, 0.15) is 0 Å². The van der Waals surface area contributed by atoms with Gasteiger partial charge in [0.2, 0.25) is 5.91 Å². The second kappa shape index (κ2) is 7.36. The van der Waals surface area contributed by atoms with Crippen molar-refractivity contribution in [2.75, 3.05) is 22.1 Å². The number of piperidine rings is 1. The van der Waals surface area contributed by atoms with E-state index in [1.165, 1.54) is 0 Å². The van der Waals surface area contributed by atoms with Crippen molar-refractivity contribution in [1.82, 2.24) is 0 Å². The first-order valence-corrected chi connectivity index (χ1v) is 8.24. The van der Waals surface area contributed by atoms with Crippen molar-refractivity contribution in [2.24, 2.45) is 0 Å². The molecule has 124 valence electrons. The van der Waals surface area contributed by atoms with Gasteiger partial charge < -0.3 is 15.5 Å². The molecule has 1 aliphatic heterocycles. The van der Waals surface area contributed by atoms with Crippen LogP contribution in [0.15, 0.2) is 48.5 Å². The number of carbonyl (C=O) groups is 2. The Morgan fingerprint density at radius 1 is 1.00 bits per heavy atom. The van der Waals surface area contributed by atoms with E-state index < -0.39 is 0 Å². The van der Waals surface area contributed by atoms with Crippen LogP contribution in [0.25, 0.3) is 0 Å². The minimum atomic E-state index is -0.370. The van der Waals surface area contributed by atoms with E-state index in [-0.39, 0.29) is 11.9 Å². The van der Waals surface area contributed by atoms with E-state index in [1.54, 1.807) is 41.3 Å². The maximum absolute atomic E-state index is 12.0. The number of nitrogens with one attached hydrogen (secondary N) is 2. The fourth-order valence-electron chi connectivity index (χ4n) is 2.65. The van der Waals surface area contributed by atoms with Crippen LogP contribution >= 0.6 is 11.6 Å². The zero-order chi connectivity index (χ0) is 16.9. The molecule has 0 spiro atoms. The summed E-state index contributed by atoms with van der Waals surface area (Å²) in [6.45, 7) is 0.749. The molecule has 0 atom stereocenters. The Morgan fingerprint density at radius 2 is 1.75 bits per heavy atom. The maximum atomic E-state index is 12.0. The van der Waals surface area contributed by atoms with E-state index in [0.29, 0.717) is 22.8 Å². The lowest BCUT2D eigenvalue weighted by Crippen LogP contribution is -2.35. The number of benzene rings is 2. The Kier molecular flexibility index (Phi) is 5.01.